The van der Waals surface area contributed by atoms with Gasteiger partial charge in [-0.05, 0) is 56.5 Å². The van der Waals surface area contributed by atoms with Crippen LogP contribution in [0.1, 0.15) is 47.4 Å². The van der Waals surface area contributed by atoms with Gasteiger partial charge in [-0.2, -0.15) is 0 Å². The molecule has 1 N–H and O–H groups in total. The van der Waals surface area contributed by atoms with E-state index in [9.17, 15) is 9.59 Å². The second-order valence-corrected chi connectivity index (χ2v) is 6.04. The smallest absolute Gasteiger partial charge is 0.260 e. The number of carbonyl (C=O) groups is 1. The lowest BCUT2D eigenvalue weighted by Gasteiger charge is -2.25. The summed E-state index contributed by atoms with van der Waals surface area (Å²) in [5.41, 5.74) is 1.71. The first-order chi connectivity index (χ1) is 11.6. The number of nitrogens with one attached hydrogen (secondary N) is 1. The third-order valence-corrected chi connectivity index (χ3v) is 4.38. The Morgan fingerprint density at radius 3 is 2.67 bits per heavy atom. The molecule has 24 heavy (non-hydrogen) atoms. The number of aromatic amines is 1. The molecule has 1 saturated heterocycles. The van der Waals surface area contributed by atoms with Crippen LogP contribution in [0.2, 0.25) is 0 Å². The zero-order chi connectivity index (χ0) is 17.1. The monoisotopic (exact) mass is 326 g/mol. The van der Waals surface area contributed by atoms with E-state index in [2.05, 4.69) is 4.98 Å². The fourth-order valence-corrected chi connectivity index (χ4v) is 3.20. The number of benzene rings is 1. The van der Waals surface area contributed by atoms with Crippen molar-refractivity contribution in [1.29, 1.82) is 0 Å². The Morgan fingerprint density at radius 2 is 2.00 bits per heavy atom. The van der Waals surface area contributed by atoms with E-state index < -0.39 is 0 Å². The molecule has 2 aromatic rings. The predicted octanol–water partition coefficient (Wildman–Crippen LogP) is 3.06. The molecule has 5 heteroatoms. The van der Waals surface area contributed by atoms with Gasteiger partial charge >= 0.3 is 0 Å². The summed E-state index contributed by atoms with van der Waals surface area (Å²) in [6.07, 6.45) is 1.84. The van der Waals surface area contributed by atoms with Crippen molar-refractivity contribution in [3.63, 3.8) is 0 Å². The Kier molecular flexibility index (Phi) is 4.69. The van der Waals surface area contributed by atoms with Crippen LogP contribution in [-0.4, -0.2) is 28.9 Å². The summed E-state index contributed by atoms with van der Waals surface area (Å²) in [7, 11) is 0. The first-order valence-corrected chi connectivity index (χ1v) is 8.34. The number of carbonyl (C=O) groups excluding carboxylic acids is 1. The molecule has 1 aliphatic rings. The van der Waals surface area contributed by atoms with E-state index in [4.69, 9.17) is 4.74 Å². The Balaban J connectivity index is 1.84. The van der Waals surface area contributed by atoms with Gasteiger partial charge in [0.25, 0.3) is 11.5 Å². The molecule has 1 aromatic heterocycles. The second-order valence-electron chi connectivity index (χ2n) is 6.04. The number of amides is 1. The number of nitrogens with zero attached hydrogens (tertiary/aromatic N) is 1. The van der Waals surface area contributed by atoms with Gasteiger partial charge in [-0.15, -0.1) is 0 Å². The number of hydrogen-bond acceptors (Lipinski definition) is 3. The molecule has 0 aliphatic carbocycles. The number of ether oxygens (including phenoxy) is 1. The number of pyridine rings is 1. The van der Waals surface area contributed by atoms with Gasteiger partial charge in [-0.3, -0.25) is 9.59 Å². The van der Waals surface area contributed by atoms with Crippen molar-refractivity contribution in [2.45, 2.75) is 32.7 Å². The summed E-state index contributed by atoms with van der Waals surface area (Å²) in [6.45, 7) is 5.05. The predicted molar refractivity (Wildman–Crippen MR) is 92.4 cm³/mol. The number of rotatable bonds is 4. The minimum Gasteiger partial charge on any atom is -0.494 e. The maximum atomic E-state index is 12.8. The number of likely N-dealkylation sites (tertiary alicyclic amines) is 1. The highest BCUT2D eigenvalue weighted by Crippen LogP contribution is 2.33. The molecule has 0 radical (unpaired) electrons. The Bertz CT molecular complexity index is 780. The number of H-pyrrole nitrogens is 1. The summed E-state index contributed by atoms with van der Waals surface area (Å²) in [6, 6.07) is 11.2. The molecule has 3 rings (SSSR count). The van der Waals surface area contributed by atoms with Crippen LogP contribution in [0.5, 0.6) is 5.75 Å². The van der Waals surface area contributed by atoms with Crippen molar-refractivity contribution in [2.24, 2.45) is 0 Å². The minimum absolute atomic E-state index is 0.00822. The minimum atomic E-state index is -0.322. The van der Waals surface area contributed by atoms with Crippen LogP contribution in [0.4, 0.5) is 0 Å². The largest absolute Gasteiger partial charge is 0.494 e. The standard InChI is InChI=1S/C19H22N2O3/c1-3-24-15-9-7-14(8-10-15)17-5-4-12-21(17)19(23)16-11-6-13(2)20-18(16)22/h6-11,17H,3-5,12H2,1-2H3,(H,20,22)/t17-/m1/s1. The Hall–Kier alpha value is -2.56. The zero-order valence-corrected chi connectivity index (χ0v) is 14.0. The van der Waals surface area contributed by atoms with Crippen molar-refractivity contribution in [3.8, 4) is 5.75 Å². The summed E-state index contributed by atoms with van der Waals surface area (Å²) in [5, 5.41) is 0. The normalized spacial score (nSPS) is 17.1. The molecule has 0 unspecified atom stereocenters. The Morgan fingerprint density at radius 1 is 1.25 bits per heavy atom. The van der Waals surface area contributed by atoms with Crippen LogP contribution in [0.3, 0.4) is 0 Å². The van der Waals surface area contributed by atoms with Gasteiger partial charge in [-0.1, -0.05) is 12.1 Å². The lowest BCUT2D eigenvalue weighted by atomic mass is 10.0. The molecule has 2 heterocycles. The van der Waals surface area contributed by atoms with E-state index >= 15 is 0 Å². The molecule has 0 spiro atoms. The van der Waals surface area contributed by atoms with Crippen LogP contribution in [0, 0.1) is 6.92 Å². The Labute approximate surface area is 141 Å². The molecule has 1 amide bonds. The maximum Gasteiger partial charge on any atom is 0.260 e. The van der Waals surface area contributed by atoms with E-state index in [1.165, 1.54) is 0 Å². The zero-order valence-electron chi connectivity index (χ0n) is 14.0. The fraction of sp³-hybridized carbons (Fsp3) is 0.368. The lowest BCUT2D eigenvalue weighted by Crippen LogP contribution is -2.34. The third kappa shape index (κ3) is 3.20. The van der Waals surface area contributed by atoms with Gasteiger partial charge < -0.3 is 14.6 Å². The molecule has 0 bridgehead atoms. The van der Waals surface area contributed by atoms with Crippen molar-refractivity contribution in [3.05, 3.63) is 63.6 Å². The van der Waals surface area contributed by atoms with E-state index in [0.29, 0.717) is 13.2 Å². The van der Waals surface area contributed by atoms with Gasteiger partial charge in [0.15, 0.2) is 0 Å². The van der Waals surface area contributed by atoms with Crippen molar-refractivity contribution in [1.82, 2.24) is 9.88 Å². The number of aromatic nitrogens is 1. The summed E-state index contributed by atoms with van der Waals surface area (Å²) in [5.74, 6) is 0.625. The van der Waals surface area contributed by atoms with Gasteiger partial charge in [0.1, 0.15) is 11.3 Å². The van der Waals surface area contributed by atoms with Crippen molar-refractivity contribution >= 4 is 5.91 Å². The number of hydrogen-bond donors (Lipinski definition) is 1. The molecule has 126 valence electrons. The summed E-state index contributed by atoms with van der Waals surface area (Å²) in [4.78, 5) is 29.4. The summed E-state index contributed by atoms with van der Waals surface area (Å²) >= 11 is 0. The van der Waals surface area contributed by atoms with E-state index in [1.807, 2.05) is 31.2 Å². The topological polar surface area (TPSA) is 62.4 Å². The molecular formula is C19H22N2O3. The molecule has 0 saturated carbocycles. The molecular weight excluding hydrogens is 304 g/mol. The van der Waals surface area contributed by atoms with Gasteiger partial charge in [0.05, 0.1) is 12.6 Å². The van der Waals surface area contributed by atoms with Crippen LogP contribution in [0.25, 0.3) is 0 Å². The van der Waals surface area contributed by atoms with Gasteiger partial charge in [-0.25, -0.2) is 0 Å². The van der Waals surface area contributed by atoms with E-state index in [0.717, 1.165) is 29.8 Å². The first kappa shape index (κ1) is 16.3. The average molecular weight is 326 g/mol. The molecule has 5 nitrogen and oxygen atoms in total. The third-order valence-electron chi connectivity index (χ3n) is 4.38. The van der Waals surface area contributed by atoms with Crippen LogP contribution in [-0.2, 0) is 0 Å². The number of aryl methyl sites for hydroxylation is 1. The first-order valence-electron chi connectivity index (χ1n) is 8.34. The van der Waals surface area contributed by atoms with E-state index in [1.54, 1.807) is 24.0 Å². The molecule has 1 aromatic carbocycles. The molecule has 1 atom stereocenters. The highest BCUT2D eigenvalue weighted by atomic mass is 16.5. The average Bonchev–Trinajstić information content (AvgIpc) is 3.05. The van der Waals surface area contributed by atoms with Crippen molar-refractivity contribution in [2.75, 3.05) is 13.2 Å². The quantitative estimate of drug-likeness (QED) is 0.939. The second kappa shape index (κ2) is 6.91. The highest BCUT2D eigenvalue weighted by molar-refractivity contribution is 5.94. The fourth-order valence-electron chi connectivity index (χ4n) is 3.20. The van der Waals surface area contributed by atoms with Gasteiger partial charge in [0, 0.05) is 12.2 Å². The molecule has 1 fully saturated rings. The van der Waals surface area contributed by atoms with Crippen LogP contribution in [0.15, 0.2) is 41.2 Å². The van der Waals surface area contributed by atoms with Crippen LogP contribution < -0.4 is 10.3 Å². The lowest BCUT2D eigenvalue weighted by molar-refractivity contribution is 0.0734. The van der Waals surface area contributed by atoms with Gasteiger partial charge in [0.2, 0.25) is 0 Å². The molecule has 1 aliphatic heterocycles. The SMILES string of the molecule is CCOc1ccc([C@H]2CCCN2C(=O)c2ccc(C)[nH]c2=O)cc1. The van der Waals surface area contributed by atoms with Crippen molar-refractivity contribution < 1.29 is 9.53 Å². The highest BCUT2D eigenvalue weighted by Gasteiger charge is 2.31. The summed E-state index contributed by atoms with van der Waals surface area (Å²) < 4.78 is 5.47. The van der Waals surface area contributed by atoms with E-state index in [-0.39, 0.29) is 23.1 Å². The maximum absolute atomic E-state index is 12.8. The van der Waals surface area contributed by atoms with Crippen LogP contribution >= 0.6 is 0 Å².